The van der Waals surface area contributed by atoms with E-state index in [2.05, 4.69) is 5.32 Å². The number of amides is 2. The van der Waals surface area contributed by atoms with E-state index >= 15 is 0 Å². The van der Waals surface area contributed by atoms with Crippen molar-refractivity contribution in [1.29, 1.82) is 0 Å². The number of rotatable bonds is 4. The predicted octanol–water partition coefficient (Wildman–Crippen LogP) is 1.55. The highest BCUT2D eigenvalue weighted by Crippen LogP contribution is 2.37. The van der Waals surface area contributed by atoms with Crippen LogP contribution in [0, 0.1) is 11.8 Å². The standard InChI is InChI=1S/C12H12Cl2N2O3/c13-6-2-8(10(17)9(14)3-6)12(19)16-4-5-1-7(5)11(15)18/h2-3,5,7,17H,1,4H2,(H2,15,18)(H,16,19)/t5-,7+/m0/s1. The topological polar surface area (TPSA) is 92.4 Å². The smallest absolute Gasteiger partial charge is 0.255 e. The highest BCUT2D eigenvalue weighted by atomic mass is 35.5. The highest BCUT2D eigenvalue weighted by molar-refractivity contribution is 6.36. The SMILES string of the molecule is NC(=O)[C@@H]1C[C@H]1CNC(=O)c1cc(Cl)cc(Cl)c1O. The van der Waals surface area contributed by atoms with E-state index < -0.39 is 5.91 Å². The van der Waals surface area contributed by atoms with Crippen LogP contribution in [0.3, 0.4) is 0 Å². The Kier molecular flexibility index (Phi) is 3.87. The molecule has 4 N–H and O–H groups in total. The van der Waals surface area contributed by atoms with Crippen LogP contribution in [0.25, 0.3) is 0 Å². The van der Waals surface area contributed by atoms with Gasteiger partial charge in [-0.1, -0.05) is 23.2 Å². The van der Waals surface area contributed by atoms with Crippen LogP contribution in [-0.2, 0) is 4.79 Å². The third-order valence-corrected chi connectivity index (χ3v) is 3.59. The molecule has 2 atom stereocenters. The molecule has 0 aliphatic heterocycles. The van der Waals surface area contributed by atoms with Crippen LogP contribution in [0.1, 0.15) is 16.8 Å². The molecule has 1 aliphatic carbocycles. The maximum absolute atomic E-state index is 11.9. The minimum Gasteiger partial charge on any atom is -0.506 e. The molecule has 0 aromatic heterocycles. The third kappa shape index (κ3) is 3.11. The average molecular weight is 303 g/mol. The van der Waals surface area contributed by atoms with Gasteiger partial charge in [-0.2, -0.15) is 0 Å². The van der Waals surface area contributed by atoms with E-state index in [9.17, 15) is 14.7 Å². The van der Waals surface area contributed by atoms with Crippen molar-refractivity contribution in [2.45, 2.75) is 6.42 Å². The molecule has 0 radical (unpaired) electrons. The number of hydrogen-bond acceptors (Lipinski definition) is 3. The van der Waals surface area contributed by atoms with Gasteiger partial charge in [-0.25, -0.2) is 0 Å². The number of carbonyl (C=O) groups is 2. The Morgan fingerprint density at radius 2 is 2.11 bits per heavy atom. The zero-order chi connectivity index (χ0) is 14.2. The lowest BCUT2D eigenvalue weighted by molar-refractivity contribution is -0.119. The molecule has 1 fully saturated rings. The van der Waals surface area contributed by atoms with Crippen molar-refractivity contribution < 1.29 is 14.7 Å². The molecule has 2 rings (SSSR count). The number of aromatic hydroxyl groups is 1. The number of nitrogens with two attached hydrogens (primary N) is 1. The molecule has 1 aromatic rings. The molecule has 1 aromatic carbocycles. The van der Waals surface area contributed by atoms with Crippen molar-refractivity contribution in [2.75, 3.05) is 6.54 Å². The van der Waals surface area contributed by atoms with E-state index in [4.69, 9.17) is 28.9 Å². The molecule has 1 aliphatic rings. The van der Waals surface area contributed by atoms with Gasteiger partial charge in [-0.05, 0) is 24.5 Å². The van der Waals surface area contributed by atoms with Crippen LogP contribution in [0.15, 0.2) is 12.1 Å². The summed E-state index contributed by atoms with van der Waals surface area (Å²) in [6, 6.07) is 2.68. The number of phenolic OH excluding ortho intramolecular Hbond substituents is 1. The Bertz CT molecular complexity index is 548. The van der Waals surface area contributed by atoms with Crippen molar-refractivity contribution in [3.63, 3.8) is 0 Å². The van der Waals surface area contributed by atoms with Gasteiger partial charge in [-0.3, -0.25) is 9.59 Å². The summed E-state index contributed by atoms with van der Waals surface area (Å²) >= 11 is 11.5. The lowest BCUT2D eigenvalue weighted by Gasteiger charge is -2.08. The third-order valence-electron chi connectivity index (χ3n) is 3.09. The molecular weight excluding hydrogens is 291 g/mol. The van der Waals surface area contributed by atoms with Gasteiger partial charge in [0.2, 0.25) is 5.91 Å². The molecule has 1 saturated carbocycles. The van der Waals surface area contributed by atoms with Gasteiger partial charge in [-0.15, -0.1) is 0 Å². The molecule has 5 nitrogen and oxygen atoms in total. The fourth-order valence-corrected chi connectivity index (χ4v) is 2.37. The molecule has 0 spiro atoms. The molecule has 0 heterocycles. The van der Waals surface area contributed by atoms with Crippen LogP contribution in [0.5, 0.6) is 5.75 Å². The minimum atomic E-state index is -0.489. The van der Waals surface area contributed by atoms with Crippen molar-refractivity contribution >= 4 is 35.0 Å². The first-order chi connectivity index (χ1) is 8.90. The summed E-state index contributed by atoms with van der Waals surface area (Å²) in [7, 11) is 0. The van der Waals surface area contributed by atoms with E-state index in [1.807, 2.05) is 0 Å². The second-order valence-electron chi connectivity index (χ2n) is 4.50. The Labute approximate surface area is 119 Å². The lowest BCUT2D eigenvalue weighted by atomic mass is 10.2. The lowest BCUT2D eigenvalue weighted by Crippen LogP contribution is -2.27. The maximum atomic E-state index is 11.9. The van der Waals surface area contributed by atoms with Crippen LogP contribution in [-0.4, -0.2) is 23.5 Å². The molecule has 102 valence electrons. The summed E-state index contributed by atoms with van der Waals surface area (Å²) in [5.74, 6) is -1.26. The minimum absolute atomic E-state index is 0.00813. The first-order valence-electron chi connectivity index (χ1n) is 5.65. The summed E-state index contributed by atoms with van der Waals surface area (Å²) in [6.45, 7) is 0.329. The van der Waals surface area contributed by atoms with E-state index in [1.54, 1.807) is 0 Å². The Balaban J connectivity index is 1.99. The first-order valence-corrected chi connectivity index (χ1v) is 6.41. The summed E-state index contributed by atoms with van der Waals surface area (Å²) in [6.07, 6.45) is 0.678. The van der Waals surface area contributed by atoms with Crippen molar-refractivity contribution in [1.82, 2.24) is 5.32 Å². The fourth-order valence-electron chi connectivity index (χ4n) is 1.88. The number of primary amides is 1. The number of phenols is 1. The predicted molar refractivity (Wildman–Crippen MR) is 71.3 cm³/mol. The zero-order valence-electron chi connectivity index (χ0n) is 9.82. The van der Waals surface area contributed by atoms with Gasteiger partial charge in [0.15, 0.2) is 0 Å². The van der Waals surface area contributed by atoms with Crippen LogP contribution in [0.2, 0.25) is 10.0 Å². The normalized spacial score (nSPS) is 20.9. The van der Waals surface area contributed by atoms with Crippen molar-refractivity contribution in [3.05, 3.63) is 27.7 Å². The number of carbonyl (C=O) groups excluding carboxylic acids is 2. The van der Waals surface area contributed by atoms with E-state index in [0.717, 1.165) is 0 Å². The van der Waals surface area contributed by atoms with Gasteiger partial charge >= 0.3 is 0 Å². The summed E-state index contributed by atoms with van der Waals surface area (Å²) < 4.78 is 0. The number of benzene rings is 1. The van der Waals surface area contributed by atoms with Crippen LogP contribution in [0.4, 0.5) is 0 Å². The number of hydrogen-bond donors (Lipinski definition) is 3. The summed E-state index contributed by atoms with van der Waals surface area (Å²) in [4.78, 5) is 22.7. The van der Waals surface area contributed by atoms with Crippen molar-refractivity contribution in [3.8, 4) is 5.75 Å². The Morgan fingerprint density at radius 1 is 1.42 bits per heavy atom. The Hall–Kier alpha value is -1.46. The van der Waals surface area contributed by atoms with E-state index in [-0.39, 0.29) is 39.1 Å². The average Bonchev–Trinajstić information content (AvgIpc) is 3.10. The number of halogens is 2. The highest BCUT2D eigenvalue weighted by Gasteiger charge is 2.41. The van der Waals surface area contributed by atoms with Gasteiger partial charge in [0.25, 0.3) is 5.91 Å². The molecule has 2 amide bonds. The molecule has 0 saturated heterocycles. The monoisotopic (exact) mass is 302 g/mol. The van der Waals surface area contributed by atoms with Gasteiger partial charge in [0.05, 0.1) is 10.6 Å². The van der Waals surface area contributed by atoms with Gasteiger partial charge in [0, 0.05) is 17.5 Å². The summed E-state index contributed by atoms with van der Waals surface area (Å²) in [5.41, 5.74) is 5.15. The number of nitrogens with one attached hydrogen (secondary N) is 1. The Morgan fingerprint density at radius 3 is 2.68 bits per heavy atom. The van der Waals surface area contributed by atoms with E-state index in [0.29, 0.717) is 13.0 Å². The second kappa shape index (κ2) is 5.27. The fraction of sp³-hybridized carbons (Fsp3) is 0.333. The maximum Gasteiger partial charge on any atom is 0.255 e. The van der Waals surface area contributed by atoms with Crippen LogP contribution < -0.4 is 11.1 Å². The largest absolute Gasteiger partial charge is 0.506 e. The van der Waals surface area contributed by atoms with Crippen molar-refractivity contribution in [2.24, 2.45) is 17.6 Å². The zero-order valence-corrected chi connectivity index (χ0v) is 11.3. The quantitative estimate of drug-likeness (QED) is 0.788. The molecular formula is C12H12Cl2N2O3. The van der Waals surface area contributed by atoms with Gasteiger partial charge < -0.3 is 16.2 Å². The van der Waals surface area contributed by atoms with Gasteiger partial charge in [0.1, 0.15) is 5.75 Å². The summed E-state index contributed by atoms with van der Waals surface area (Å²) in [5, 5.41) is 12.6. The van der Waals surface area contributed by atoms with E-state index in [1.165, 1.54) is 12.1 Å². The second-order valence-corrected chi connectivity index (χ2v) is 5.34. The molecule has 0 unspecified atom stereocenters. The molecule has 0 bridgehead atoms. The van der Waals surface area contributed by atoms with Crippen LogP contribution >= 0.6 is 23.2 Å². The first kappa shape index (κ1) is 14.0. The molecule has 19 heavy (non-hydrogen) atoms. The molecule has 7 heteroatoms.